The third kappa shape index (κ3) is 2.79. The molecular weight excluding hydrogens is 322 g/mol. The van der Waals surface area contributed by atoms with Crippen molar-refractivity contribution >= 4 is 28.0 Å². The molecule has 0 atom stereocenters. The lowest BCUT2D eigenvalue weighted by Gasteiger charge is -2.07. The Labute approximate surface area is 141 Å². The SMILES string of the molecule is O=C(N=c1sccn1Cc1cccc2ccccc12)c1ccon1. The van der Waals surface area contributed by atoms with E-state index < -0.39 is 5.91 Å². The second kappa shape index (κ2) is 6.25. The summed E-state index contributed by atoms with van der Waals surface area (Å²) in [4.78, 5) is 16.9. The van der Waals surface area contributed by atoms with Crippen molar-refractivity contribution in [2.75, 3.05) is 0 Å². The highest BCUT2D eigenvalue weighted by atomic mass is 32.1. The highest BCUT2D eigenvalue weighted by Gasteiger charge is 2.09. The molecule has 4 aromatic rings. The first kappa shape index (κ1) is 14.6. The number of rotatable bonds is 3. The summed E-state index contributed by atoms with van der Waals surface area (Å²) in [6.07, 6.45) is 3.29. The molecule has 0 saturated carbocycles. The molecule has 118 valence electrons. The molecule has 0 bridgehead atoms. The maximum Gasteiger partial charge on any atom is 0.301 e. The van der Waals surface area contributed by atoms with Crippen molar-refractivity contribution in [1.29, 1.82) is 0 Å². The Kier molecular flexibility index (Phi) is 3.80. The maximum atomic E-state index is 12.1. The van der Waals surface area contributed by atoms with Gasteiger partial charge >= 0.3 is 5.91 Å². The molecule has 2 aromatic heterocycles. The van der Waals surface area contributed by atoms with Gasteiger partial charge in [0.15, 0.2) is 10.5 Å². The van der Waals surface area contributed by atoms with Crippen LogP contribution in [0.2, 0.25) is 0 Å². The zero-order chi connectivity index (χ0) is 16.4. The van der Waals surface area contributed by atoms with Crippen LogP contribution in [0.25, 0.3) is 10.8 Å². The smallest absolute Gasteiger partial charge is 0.301 e. The van der Waals surface area contributed by atoms with Crippen molar-refractivity contribution in [2.24, 2.45) is 4.99 Å². The lowest BCUT2D eigenvalue weighted by molar-refractivity contribution is 0.0989. The van der Waals surface area contributed by atoms with E-state index in [9.17, 15) is 4.79 Å². The van der Waals surface area contributed by atoms with Crippen molar-refractivity contribution in [3.63, 3.8) is 0 Å². The van der Waals surface area contributed by atoms with Crippen LogP contribution in [0.1, 0.15) is 16.1 Å². The molecule has 5 nitrogen and oxygen atoms in total. The van der Waals surface area contributed by atoms with Crippen molar-refractivity contribution in [1.82, 2.24) is 9.72 Å². The maximum absolute atomic E-state index is 12.1. The summed E-state index contributed by atoms with van der Waals surface area (Å²) in [5.74, 6) is -0.405. The number of aromatic nitrogens is 2. The number of benzene rings is 2. The van der Waals surface area contributed by atoms with Crippen LogP contribution in [0.3, 0.4) is 0 Å². The van der Waals surface area contributed by atoms with Gasteiger partial charge in [0, 0.05) is 17.6 Å². The average molecular weight is 335 g/mol. The fourth-order valence-electron chi connectivity index (χ4n) is 2.59. The predicted octanol–water partition coefficient (Wildman–Crippen LogP) is 3.48. The molecule has 2 heterocycles. The highest BCUT2D eigenvalue weighted by Crippen LogP contribution is 2.19. The number of nitrogens with zero attached hydrogens (tertiary/aromatic N) is 3. The molecule has 6 heteroatoms. The lowest BCUT2D eigenvalue weighted by Crippen LogP contribution is -2.17. The summed E-state index contributed by atoms with van der Waals surface area (Å²) in [5, 5.41) is 7.94. The predicted molar refractivity (Wildman–Crippen MR) is 91.8 cm³/mol. The molecule has 0 aliphatic carbocycles. The highest BCUT2D eigenvalue weighted by molar-refractivity contribution is 7.07. The average Bonchev–Trinajstić information content (AvgIpc) is 3.28. The summed E-state index contributed by atoms with van der Waals surface area (Å²) < 4.78 is 6.66. The first-order valence-electron chi connectivity index (χ1n) is 7.41. The van der Waals surface area contributed by atoms with Crippen molar-refractivity contribution in [2.45, 2.75) is 6.54 Å². The Hall–Kier alpha value is -2.99. The summed E-state index contributed by atoms with van der Waals surface area (Å²) >= 11 is 1.42. The summed E-state index contributed by atoms with van der Waals surface area (Å²) in [7, 11) is 0. The second-order valence-electron chi connectivity index (χ2n) is 5.25. The summed E-state index contributed by atoms with van der Waals surface area (Å²) in [6.45, 7) is 0.649. The van der Waals surface area contributed by atoms with Crippen LogP contribution in [0.4, 0.5) is 0 Å². The van der Waals surface area contributed by atoms with Crippen molar-refractivity contribution in [3.05, 3.63) is 82.4 Å². The van der Waals surface area contributed by atoms with E-state index in [0.717, 1.165) is 0 Å². The molecule has 4 rings (SSSR count). The minimum Gasteiger partial charge on any atom is -0.364 e. The van der Waals surface area contributed by atoms with Crippen LogP contribution >= 0.6 is 11.3 Å². The monoisotopic (exact) mass is 335 g/mol. The molecular formula is C18H13N3O2S. The quantitative estimate of drug-likeness (QED) is 0.576. The zero-order valence-electron chi connectivity index (χ0n) is 12.6. The fourth-order valence-corrected chi connectivity index (χ4v) is 3.31. The van der Waals surface area contributed by atoms with E-state index in [-0.39, 0.29) is 5.69 Å². The van der Waals surface area contributed by atoms with Gasteiger partial charge in [0.1, 0.15) is 6.26 Å². The van der Waals surface area contributed by atoms with Crippen LogP contribution in [0.15, 0.2) is 75.9 Å². The Morgan fingerprint density at radius 2 is 2.04 bits per heavy atom. The van der Waals surface area contributed by atoms with Gasteiger partial charge < -0.3 is 9.09 Å². The number of fused-ring (bicyclic) bond motifs is 1. The van der Waals surface area contributed by atoms with Gasteiger partial charge in [-0.15, -0.1) is 11.3 Å². The molecule has 0 spiro atoms. The Morgan fingerprint density at radius 3 is 2.92 bits per heavy atom. The Balaban J connectivity index is 1.71. The van der Waals surface area contributed by atoms with E-state index in [1.165, 1.54) is 40.0 Å². The van der Waals surface area contributed by atoms with Gasteiger partial charge in [0.2, 0.25) is 0 Å². The largest absolute Gasteiger partial charge is 0.364 e. The molecule has 24 heavy (non-hydrogen) atoms. The number of thiazole rings is 1. The minimum absolute atomic E-state index is 0.208. The number of hydrogen-bond donors (Lipinski definition) is 0. The molecule has 0 unspecified atom stereocenters. The van der Waals surface area contributed by atoms with E-state index in [1.807, 2.05) is 34.3 Å². The number of carbonyl (C=O) groups excluding carboxylic acids is 1. The molecule has 2 aromatic carbocycles. The second-order valence-corrected chi connectivity index (χ2v) is 6.13. The van der Waals surface area contributed by atoms with E-state index in [0.29, 0.717) is 11.3 Å². The van der Waals surface area contributed by atoms with Gasteiger partial charge in [-0.3, -0.25) is 4.79 Å². The molecule has 0 aliphatic heterocycles. The normalized spacial score (nSPS) is 11.9. The van der Waals surface area contributed by atoms with Crippen molar-refractivity contribution in [3.8, 4) is 0 Å². The van der Waals surface area contributed by atoms with E-state index in [2.05, 4.69) is 34.4 Å². The van der Waals surface area contributed by atoms with Crippen LogP contribution in [-0.2, 0) is 6.54 Å². The molecule has 0 saturated heterocycles. The topological polar surface area (TPSA) is 60.4 Å². The van der Waals surface area contributed by atoms with Gasteiger partial charge in [-0.25, -0.2) is 0 Å². The van der Waals surface area contributed by atoms with Gasteiger partial charge in [0.05, 0.1) is 6.54 Å². The molecule has 0 aliphatic rings. The third-order valence-corrected chi connectivity index (χ3v) is 4.53. The molecule has 0 radical (unpaired) electrons. The van der Waals surface area contributed by atoms with Crippen molar-refractivity contribution < 1.29 is 9.32 Å². The molecule has 1 amide bonds. The van der Waals surface area contributed by atoms with Gasteiger partial charge in [0.25, 0.3) is 0 Å². The number of carbonyl (C=O) groups is 1. The summed E-state index contributed by atoms with van der Waals surface area (Å²) in [5.41, 5.74) is 1.39. The third-order valence-electron chi connectivity index (χ3n) is 3.73. The molecule has 0 fully saturated rings. The van der Waals surface area contributed by atoms with Gasteiger partial charge in [-0.2, -0.15) is 4.99 Å². The first-order chi connectivity index (χ1) is 11.8. The minimum atomic E-state index is -0.405. The van der Waals surface area contributed by atoms with E-state index in [1.54, 1.807) is 0 Å². The van der Waals surface area contributed by atoms with Crippen LogP contribution < -0.4 is 4.80 Å². The van der Waals surface area contributed by atoms with E-state index >= 15 is 0 Å². The first-order valence-corrected chi connectivity index (χ1v) is 8.29. The Bertz CT molecular complexity index is 1060. The Morgan fingerprint density at radius 1 is 1.17 bits per heavy atom. The molecule has 0 N–H and O–H groups in total. The fraction of sp³-hybridized carbons (Fsp3) is 0.0556. The lowest BCUT2D eigenvalue weighted by atomic mass is 10.0. The van der Waals surface area contributed by atoms with Gasteiger partial charge in [-0.05, 0) is 16.3 Å². The van der Waals surface area contributed by atoms with Crippen LogP contribution in [0, 0.1) is 0 Å². The summed E-state index contributed by atoms with van der Waals surface area (Å²) in [6, 6.07) is 16.0. The van der Waals surface area contributed by atoms with Crippen LogP contribution in [0.5, 0.6) is 0 Å². The van der Waals surface area contributed by atoms with E-state index in [4.69, 9.17) is 4.52 Å². The standard InChI is InChI=1S/C18H13N3O2S/c22-17(16-8-10-23-20-16)19-18-21(9-11-24-18)12-14-6-3-5-13-4-1-2-7-15(13)14/h1-11H,12H2. The number of hydrogen-bond acceptors (Lipinski definition) is 4. The van der Waals surface area contributed by atoms with Gasteiger partial charge in [-0.1, -0.05) is 47.6 Å². The zero-order valence-corrected chi connectivity index (χ0v) is 13.4. The van der Waals surface area contributed by atoms with Crippen LogP contribution in [-0.4, -0.2) is 15.6 Å². The number of amides is 1.